The lowest BCUT2D eigenvalue weighted by atomic mass is 10.1. The number of thioether (sulfide) groups is 1. The fourth-order valence-corrected chi connectivity index (χ4v) is 3.49. The van der Waals surface area contributed by atoms with Gasteiger partial charge in [0.25, 0.3) is 10.8 Å². The van der Waals surface area contributed by atoms with Gasteiger partial charge in [0.2, 0.25) is 5.89 Å². The number of benzene rings is 1. The smallest absolute Gasteiger partial charge is 0.277 e. The van der Waals surface area contributed by atoms with Gasteiger partial charge in [-0.1, -0.05) is 23.9 Å². The maximum Gasteiger partial charge on any atom is 0.277 e. The average molecular weight is 378 g/mol. The highest BCUT2D eigenvalue weighted by molar-refractivity contribution is 7.98. The van der Waals surface area contributed by atoms with E-state index in [1.807, 2.05) is 43.3 Å². The Morgan fingerprint density at radius 3 is 2.70 bits per heavy atom. The van der Waals surface area contributed by atoms with E-state index < -0.39 is 0 Å². The molecule has 27 heavy (non-hydrogen) atoms. The minimum absolute atomic E-state index is 0.0879. The molecular formula is C20H18N4O2S. The number of rotatable bonds is 4. The van der Waals surface area contributed by atoms with E-state index in [-0.39, 0.29) is 5.56 Å². The first-order valence-electron chi connectivity index (χ1n) is 8.53. The van der Waals surface area contributed by atoms with Gasteiger partial charge in [-0.2, -0.15) is 0 Å². The van der Waals surface area contributed by atoms with Crippen molar-refractivity contribution in [2.24, 2.45) is 0 Å². The minimum Gasteiger partial charge on any atom is -0.411 e. The third kappa shape index (κ3) is 3.50. The molecule has 0 fully saturated rings. The molecule has 0 atom stereocenters. The van der Waals surface area contributed by atoms with Gasteiger partial charge < -0.3 is 4.42 Å². The first-order chi connectivity index (χ1) is 13.0. The van der Waals surface area contributed by atoms with Crippen molar-refractivity contribution in [2.45, 2.75) is 31.7 Å². The van der Waals surface area contributed by atoms with Gasteiger partial charge in [-0.3, -0.25) is 9.20 Å². The third-order valence-corrected chi connectivity index (χ3v) is 5.29. The molecule has 4 aromatic rings. The molecule has 1 aromatic carbocycles. The Morgan fingerprint density at radius 1 is 1.04 bits per heavy atom. The number of aromatic nitrogens is 4. The molecule has 4 rings (SSSR count). The molecule has 0 aliphatic carbocycles. The topological polar surface area (TPSA) is 73.3 Å². The maximum atomic E-state index is 12.3. The third-order valence-electron chi connectivity index (χ3n) is 4.44. The summed E-state index contributed by atoms with van der Waals surface area (Å²) in [7, 11) is 0. The number of aryl methyl sites for hydroxylation is 3. The van der Waals surface area contributed by atoms with Crippen molar-refractivity contribution >= 4 is 17.4 Å². The fraction of sp³-hybridized carbons (Fsp3) is 0.200. The van der Waals surface area contributed by atoms with Crippen LogP contribution in [0.5, 0.6) is 0 Å². The summed E-state index contributed by atoms with van der Waals surface area (Å²) < 4.78 is 7.35. The first-order valence-corrected chi connectivity index (χ1v) is 9.52. The zero-order valence-electron chi connectivity index (χ0n) is 15.3. The highest BCUT2D eigenvalue weighted by Crippen LogP contribution is 2.26. The lowest BCUT2D eigenvalue weighted by molar-refractivity contribution is 0.465. The van der Waals surface area contributed by atoms with Crippen LogP contribution < -0.4 is 5.56 Å². The molecule has 0 bridgehead atoms. The van der Waals surface area contributed by atoms with Crippen molar-refractivity contribution in [2.75, 3.05) is 0 Å². The van der Waals surface area contributed by atoms with Crippen LogP contribution in [-0.4, -0.2) is 19.6 Å². The predicted octanol–water partition coefficient (Wildman–Crippen LogP) is 3.96. The molecule has 0 unspecified atom stereocenters. The van der Waals surface area contributed by atoms with Crippen molar-refractivity contribution in [3.05, 3.63) is 75.3 Å². The van der Waals surface area contributed by atoms with Crippen LogP contribution in [-0.2, 0) is 5.75 Å². The molecule has 0 saturated carbocycles. The van der Waals surface area contributed by atoms with E-state index in [0.29, 0.717) is 28.2 Å². The van der Waals surface area contributed by atoms with E-state index in [9.17, 15) is 4.79 Å². The Morgan fingerprint density at radius 2 is 1.89 bits per heavy atom. The van der Waals surface area contributed by atoms with Crippen LogP contribution in [0.15, 0.2) is 56.9 Å². The van der Waals surface area contributed by atoms with E-state index in [1.54, 1.807) is 10.5 Å². The standard InChI is InChI=1S/C20H18N4O2S/c1-12-7-8-15(9-13(12)2)19-22-23-20(26-19)27-11-16-10-18(25)24-14(3)5-4-6-17(24)21-16/h4-10H,11H2,1-3H3. The zero-order valence-corrected chi connectivity index (χ0v) is 16.1. The van der Waals surface area contributed by atoms with Crippen molar-refractivity contribution in [3.8, 4) is 11.5 Å². The van der Waals surface area contributed by atoms with Crippen molar-refractivity contribution < 1.29 is 4.42 Å². The zero-order chi connectivity index (χ0) is 19.0. The van der Waals surface area contributed by atoms with E-state index in [0.717, 1.165) is 11.3 Å². The van der Waals surface area contributed by atoms with Gasteiger partial charge in [0.15, 0.2) is 0 Å². The van der Waals surface area contributed by atoms with Crippen LogP contribution in [0.1, 0.15) is 22.5 Å². The highest BCUT2D eigenvalue weighted by atomic mass is 32.2. The van der Waals surface area contributed by atoms with Crippen LogP contribution in [0, 0.1) is 20.8 Å². The first kappa shape index (κ1) is 17.5. The van der Waals surface area contributed by atoms with Gasteiger partial charge in [-0.25, -0.2) is 4.98 Å². The van der Waals surface area contributed by atoms with E-state index >= 15 is 0 Å². The summed E-state index contributed by atoms with van der Waals surface area (Å²) in [5.41, 5.74) is 5.39. The Balaban J connectivity index is 1.54. The van der Waals surface area contributed by atoms with Crippen LogP contribution in [0.2, 0.25) is 0 Å². The van der Waals surface area contributed by atoms with Crippen molar-refractivity contribution in [1.29, 1.82) is 0 Å². The van der Waals surface area contributed by atoms with Gasteiger partial charge in [-0.15, -0.1) is 10.2 Å². The van der Waals surface area contributed by atoms with Gasteiger partial charge in [0.1, 0.15) is 5.65 Å². The summed E-state index contributed by atoms with van der Waals surface area (Å²) in [5, 5.41) is 8.67. The Hall–Kier alpha value is -2.93. The Bertz CT molecular complexity index is 1200. The molecule has 0 N–H and O–H groups in total. The summed E-state index contributed by atoms with van der Waals surface area (Å²) >= 11 is 1.37. The summed E-state index contributed by atoms with van der Waals surface area (Å²) in [5.74, 6) is 0.969. The second kappa shape index (κ2) is 7.00. The Labute approximate surface area is 160 Å². The molecular weight excluding hydrogens is 360 g/mol. The second-order valence-corrected chi connectivity index (χ2v) is 7.33. The summed E-state index contributed by atoms with van der Waals surface area (Å²) in [4.78, 5) is 16.9. The van der Waals surface area contributed by atoms with Crippen LogP contribution >= 0.6 is 11.8 Å². The molecule has 0 amide bonds. The van der Waals surface area contributed by atoms with Gasteiger partial charge in [0.05, 0.1) is 5.69 Å². The van der Waals surface area contributed by atoms with E-state index in [2.05, 4.69) is 29.0 Å². The molecule has 7 heteroatoms. The number of fused-ring (bicyclic) bond motifs is 1. The maximum absolute atomic E-state index is 12.3. The largest absolute Gasteiger partial charge is 0.411 e. The normalized spacial score (nSPS) is 11.2. The summed E-state index contributed by atoms with van der Waals surface area (Å²) in [6, 6.07) is 13.2. The second-order valence-electron chi connectivity index (χ2n) is 6.41. The number of pyridine rings is 1. The van der Waals surface area contributed by atoms with Gasteiger partial charge in [-0.05, 0) is 56.2 Å². The molecule has 0 saturated heterocycles. The fourth-order valence-electron chi connectivity index (χ4n) is 2.83. The van der Waals surface area contributed by atoms with Crippen LogP contribution in [0.25, 0.3) is 17.1 Å². The quantitative estimate of drug-likeness (QED) is 0.501. The number of hydrogen-bond acceptors (Lipinski definition) is 6. The van der Waals surface area contributed by atoms with Gasteiger partial charge in [0, 0.05) is 23.1 Å². The highest BCUT2D eigenvalue weighted by Gasteiger charge is 2.11. The molecule has 0 spiro atoms. The summed E-state index contributed by atoms with van der Waals surface area (Å²) in [6.07, 6.45) is 0. The lowest BCUT2D eigenvalue weighted by Crippen LogP contribution is -2.17. The van der Waals surface area contributed by atoms with Crippen molar-refractivity contribution in [3.63, 3.8) is 0 Å². The summed E-state index contributed by atoms with van der Waals surface area (Å²) in [6.45, 7) is 6.00. The van der Waals surface area contributed by atoms with Crippen molar-refractivity contribution in [1.82, 2.24) is 19.6 Å². The number of hydrogen-bond donors (Lipinski definition) is 0. The molecule has 3 heterocycles. The van der Waals surface area contributed by atoms with E-state index in [4.69, 9.17) is 4.42 Å². The predicted molar refractivity (Wildman–Crippen MR) is 105 cm³/mol. The molecule has 0 aliphatic rings. The van der Waals surface area contributed by atoms with E-state index in [1.165, 1.54) is 22.9 Å². The molecule has 136 valence electrons. The van der Waals surface area contributed by atoms with Gasteiger partial charge >= 0.3 is 0 Å². The molecule has 0 radical (unpaired) electrons. The number of nitrogens with zero attached hydrogens (tertiary/aromatic N) is 4. The van der Waals surface area contributed by atoms with Crippen LogP contribution in [0.3, 0.4) is 0 Å². The average Bonchev–Trinajstić information content (AvgIpc) is 3.11. The minimum atomic E-state index is -0.0879. The van der Waals surface area contributed by atoms with Crippen LogP contribution in [0.4, 0.5) is 0 Å². The lowest BCUT2D eigenvalue weighted by Gasteiger charge is -2.05. The SMILES string of the molecule is Cc1ccc(-c2nnc(SCc3cc(=O)n4c(C)cccc4n3)o2)cc1C. The molecule has 0 aliphatic heterocycles. The molecule has 6 nitrogen and oxygen atoms in total. The molecule has 3 aromatic heterocycles. The Kier molecular flexibility index (Phi) is 4.53. The monoisotopic (exact) mass is 378 g/mol.